The van der Waals surface area contributed by atoms with Crippen molar-refractivity contribution in [2.24, 2.45) is 0 Å². The third-order valence-electron chi connectivity index (χ3n) is 4.85. The maximum Gasteiger partial charge on any atom is 0.00385 e. The molecular weight excluding hydrogens is 230 g/mol. The standard InChI is InChI=1S/C18H29N/c1-5-15(4)16-6-8-17(9-7-16)18-10-12-19(13-11-18)14(2)3/h6-9,14-15,18H,5,10-13H2,1-4H3. The van der Waals surface area contributed by atoms with E-state index in [2.05, 4.69) is 56.9 Å². The van der Waals surface area contributed by atoms with E-state index in [-0.39, 0.29) is 0 Å². The van der Waals surface area contributed by atoms with Gasteiger partial charge in [-0.25, -0.2) is 0 Å². The molecule has 1 fully saturated rings. The molecule has 1 saturated heterocycles. The van der Waals surface area contributed by atoms with Crippen LogP contribution >= 0.6 is 0 Å². The fourth-order valence-electron chi connectivity index (χ4n) is 3.08. The first-order valence-corrected chi connectivity index (χ1v) is 7.95. The largest absolute Gasteiger partial charge is 0.301 e. The Bertz CT molecular complexity index is 371. The minimum absolute atomic E-state index is 0.692. The van der Waals surface area contributed by atoms with Crippen LogP contribution < -0.4 is 0 Å². The van der Waals surface area contributed by atoms with Gasteiger partial charge < -0.3 is 4.90 Å². The fourth-order valence-corrected chi connectivity index (χ4v) is 3.08. The Labute approximate surface area is 119 Å². The van der Waals surface area contributed by atoms with Crippen LogP contribution in [0.4, 0.5) is 0 Å². The van der Waals surface area contributed by atoms with E-state index in [1.54, 1.807) is 5.56 Å². The van der Waals surface area contributed by atoms with Gasteiger partial charge in [0.15, 0.2) is 0 Å². The van der Waals surface area contributed by atoms with E-state index in [0.29, 0.717) is 12.0 Å². The second kappa shape index (κ2) is 6.56. The molecule has 0 aromatic heterocycles. The number of rotatable bonds is 4. The van der Waals surface area contributed by atoms with Crippen molar-refractivity contribution in [2.75, 3.05) is 13.1 Å². The van der Waals surface area contributed by atoms with Crippen molar-refractivity contribution in [1.82, 2.24) is 4.90 Å². The van der Waals surface area contributed by atoms with Crippen LogP contribution in [0.25, 0.3) is 0 Å². The van der Waals surface area contributed by atoms with Gasteiger partial charge in [0, 0.05) is 6.04 Å². The first-order chi connectivity index (χ1) is 9.11. The molecule has 0 N–H and O–H groups in total. The van der Waals surface area contributed by atoms with Crippen LogP contribution in [0.5, 0.6) is 0 Å². The van der Waals surface area contributed by atoms with Crippen LogP contribution in [0.2, 0.25) is 0 Å². The molecule has 2 rings (SSSR count). The maximum absolute atomic E-state index is 2.60. The summed E-state index contributed by atoms with van der Waals surface area (Å²) in [5.41, 5.74) is 3.04. The Hall–Kier alpha value is -0.820. The number of hydrogen-bond donors (Lipinski definition) is 0. The number of piperidine rings is 1. The van der Waals surface area contributed by atoms with Gasteiger partial charge in [0.05, 0.1) is 0 Å². The summed E-state index contributed by atoms with van der Waals surface area (Å²) in [7, 11) is 0. The molecule has 19 heavy (non-hydrogen) atoms. The van der Waals surface area contributed by atoms with Crippen molar-refractivity contribution in [1.29, 1.82) is 0 Å². The highest BCUT2D eigenvalue weighted by Crippen LogP contribution is 2.30. The van der Waals surface area contributed by atoms with E-state index in [1.807, 2.05) is 0 Å². The van der Waals surface area contributed by atoms with Gasteiger partial charge in [-0.2, -0.15) is 0 Å². The monoisotopic (exact) mass is 259 g/mol. The number of hydrogen-bond acceptors (Lipinski definition) is 1. The Kier molecular flexibility index (Phi) is 5.04. The van der Waals surface area contributed by atoms with Crippen LogP contribution in [-0.4, -0.2) is 24.0 Å². The molecule has 1 nitrogen and oxygen atoms in total. The summed E-state index contributed by atoms with van der Waals surface area (Å²) in [4.78, 5) is 2.60. The third-order valence-corrected chi connectivity index (χ3v) is 4.85. The molecule has 1 atom stereocenters. The van der Waals surface area contributed by atoms with Crippen molar-refractivity contribution in [2.45, 2.75) is 64.8 Å². The SMILES string of the molecule is CCC(C)c1ccc(C2CCN(C(C)C)CC2)cc1. The molecule has 1 aliphatic rings. The topological polar surface area (TPSA) is 3.24 Å². The lowest BCUT2D eigenvalue weighted by Crippen LogP contribution is -2.37. The molecule has 0 saturated carbocycles. The molecule has 0 amide bonds. The highest BCUT2D eigenvalue weighted by molar-refractivity contribution is 5.27. The maximum atomic E-state index is 2.60. The second-order valence-corrected chi connectivity index (χ2v) is 6.38. The molecule has 0 radical (unpaired) electrons. The van der Waals surface area contributed by atoms with Crippen LogP contribution in [0.1, 0.15) is 69.9 Å². The first kappa shape index (κ1) is 14.6. The average Bonchev–Trinajstić information content (AvgIpc) is 2.46. The van der Waals surface area contributed by atoms with Gasteiger partial charge in [-0.3, -0.25) is 0 Å². The molecule has 1 heteroatoms. The van der Waals surface area contributed by atoms with Gasteiger partial charge in [-0.1, -0.05) is 38.1 Å². The van der Waals surface area contributed by atoms with E-state index in [1.165, 1.54) is 37.9 Å². The summed E-state index contributed by atoms with van der Waals surface area (Å²) in [6.45, 7) is 11.7. The molecule has 0 spiro atoms. The molecule has 1 aromatic rings. The zero-order valence-corrected chi connectivity index (χ0v) is 13.0. The molecule has 0 aliphatic carbocycles. The van der Waals surface area contributed by atoms with E-state index in [4.69, 9.17) is 0 Å². The first-order valence-electron chi connectivity index (χ1n) is 7.95. The van der Waals surface area contributed by atoms with Crippen LogP contribution in [0.3, 0.4) is 0 Å². The Morgan fingerprint density at radius 1 is 1.05 bits per heavy atom. The van der Waals surface area contributed by atoms with Gasteiger partial charge in [0.2, 0.25) is 0 Å². The molecule has 0 bridgehead atoms. The average molecular weight is 259 g/mol. The number of likely N-dealkylation sites (tertiary alicyclic amines) is 1. The van der Waals surface area contributed by atoms with E-state index >= 15 is 0 Å². The molecule has 1 aromatic carbocycles. The lowest BCUT2D eigenvalue weighted by molar-refractivity contribution is 0.172. The Morgan fingerprint density at radius 2 is 1.63 bits per heavy atom. The predicted octanol–water partition coefficient (Wildman–Crippen LogP) is 4.79. The third kappa shape index (κ3) is 3.60. The molecular formula is C18H29N. The quantitative estimate of drug-likeness (QED) is 0.751. The lowest BCUT2D eigenvalue weighted by Gasteiger charge is -2.34. The summed E-state index contributed by atoms with van der Waals surface area (Å²) < 4.78 is 0. The molecule has 1 aliphatic heterocycles. The van der Waals surface area contributed by atoms with Gasteiger partial charge >= 0.3 is 0 Å². The predicted molar refractivity (Wildman–Crippen MR) is 83.8 cm³/mol. The van der Waals surface area contributed by atoms with Crippen molar-refractivity contribution >= 4 is 0 Å². The smallest absolute Gasteiger partial charge is 0.00385 e. The van der Waals surface area contributed by atoms with E-state index < -0.39 is 0 Å². The zero-order valence-electron chi connectivity index (χ0n) is 13.0. The van der Waals surface area contributed by atoms with Gasteiger partial charge in [0.1, 0.15) is 0 Å². The molecule has 1 heterocycles. The summed E-state index contributed by atoms with van der Waals surface area (Å²) in [5.74, 6) is 1.47. The molecule has 106 valence electrons. The minimum atomic E-state index is 0.692. The minimum Gasteiger partial charge on any atom is -0.301 e. The summed E-state index contributed by atoms with van der Waals surface area (Å²) in [5, 5.41) is 0. The van der Waals surface area contributed by atoms with E-state index in [9.17, 15) is 0 Å². The zero-order chi connectivity index (χ0) is 13.8. The van der Waals surface area contributed by atoms with Crippen LogP contribution in [0.15, 0.2) is 24.3 Å². The summed E-state index contributed by atoms with van der Waals surface area (Å²) >= 11 is 0. The van der Waals surface area contributed by atoms with Crippen molar-refractivity contribution in [3.8, 4) is 0 Å². The van der Waals surface area contributed by atoms with E-state index in [0.717, 1.165) is 5.92 Å². The lowest BCUT2D eigenvalue weighted by atomic mass is 9.87. The van der Waals surface area contributed by atoms with Crippen molar-refractivity contribution < 1.29 is 0 Å². The second-order valence-electron chi connectivity index (χ2n) is 6.38. The normalized spacial score (nSPS) is 19.8. The highest BCUT2D eigenvalue weighted by atomic mass is 15.1. The Balaban J connectivity index is 1.96. The molecule has 1 unspecified atom stereocenters. The van der Waals surface area contributed by atoms with Crippen molar-refractivity contribution in [3.63, 3.8) is 0 Å². The number of nitrogens with zero attached hydrogens (tertiary/aromatic N) is 1. The van der Waals surface area contributed by atoms with Crippen molar-refractivity contribution in [3.05, 3.63) is 35.4 Å². The van der Waals surface area contributed by atoms with Gasteiger partial charge in [-0.05, 0) is 69.2 Å². The summed E-state index contributed by atoms with van der Waals surface area (Å²) in [6, 6.07) is 10.1. The number of benzene rings is 1. The Morgan fingerprint density at radius 3 is 2.11 bits per heavy atom. The van der Waals surface area contributed by atoms with Crippen LogP contribution in [-0.2, 0) is 0 Å². The summed E-state index contributed by atoms with van der Waals surface area (Å²) in [6.07, 6.45) is 3.87. The van der Waals surface area contributed by atoms with Gasteiger partial charge in [-0.15, -0.1) is 0 Å². The highest BCUT2D eigenvalue weighted by Gasteiger charge is 2.21. The van der Waals surface area contributed by atoms with Gasteiger partial charge in [0.25, 0.3) is 0 Å². The van der Waals surface area contributed by atoms with Crippen LogP contribution in [0, 0.1) is 0 Å². The fraction of sp³-hybridized carbons (Fsp3) is 0.667.